The fourth-order valence-corrected chi connectivity index (χ4v) is 1.51. The molecular weight excluding hydrogens is 263 g/mol. The van der Waals surface area contributed by atoms with Gasteiger partial charge in [0.05, 0.1) is 17.8 Å². The van der Waals surface area contributed by atoms with E-state index in [1.807, 2.05) is 6.07 Å². The maximum atomic E-state index is 13.5. The van der Waals surface area contributed by atoms with Gasteiger partial charge in [-0.3, -0.25) is 0 Å². The van der Waals surface area contributed by atoms with E-state index in [-0.39, 0.29) is 17.9 Å². The van der Waals surface area contributed by atoms with E-state index < -0.39 is 11.8 Å². The zero-order chi connectivity index (χ0) is 14.5. The van der Waals surface area contributed by atoms with Crippen molar-refractivity contribution in [1.29, 1.82) is 5.26 Å². The number of nitrogens with zero attached hydrogens (tertiary/aromatic N) is 2. The Bertz CT molecular complexity index is 678. The molecule has 0 unspecified atom stereocenters. The van der Waals surface area contributed by atoms with Gasteiger partial charge in [-0.25, -0.2) is 14.2 Å². The van der Waals surface area contributed by atoms with Gasteiger partial charge in [0.25, 0.3) is 0 Å². The third kappa shape index (κ3) is 3.09. The highest BCUT2D eigenvalue weighted by molar-refractivity contribution is 5.85. The first-order valence-electron chi connectivity index (χ1n) is 5.61. The molecule has 0 amide bonds. The Kier molecular flexibility index (Phi) is 3.91. The molecule has 20 heavy (non-hydrogen) atoms. The molecule has 0 saturated heterocycles. The van der Waals surface area contributed by atoms with Crippen LogP contribution >= 0.6 is 0 Å². The average Bonchev–Trinajstić information content (AvgIpc) is 2.47. The molecule has 1 aromatic carbocycles. The van der Waals surface area contributed by atoms with Gasteiger partial charge in [0, 0.05) is 5.56 Å². The zero-order valence-electron chi connectivity index (χ0n) is 10.2. The number of aromatic nitrogens is 1. The normalized spacial score (nSPS) is 9.80. The van der Waals surface area contributed by atoms with Gasteiger partial charge in [-0.2, -0.15) is 5.26 Å². The van der Waals surface area contributed by atoms with Gasteiger partial charge >= 0.3 is 5.97 Å². The number of pyridine rings is 1. The van der Waals surface area contributed by atoms with Gasteiger partial charge in [0.15, 0.2) is 0 Å². The van der Waals surface area contributed by atoms with Crippen LogP contribution in [-0.2, 0) is 6.61 Å². The summed E-state index contributed by atoms with van der Waals surface area (Å²) >= 11 is 0. The number of hydrogen-bond donors (Lipinski definition) is 1. The molecule has 0 radical (unpaired) electrons. The Hall–Kier alpha value is -2.94. The fourth-order valence-electron chi connectivity index (χ4n) is 1.51. The highest BCUT2D eigenvalue weighted by atomic mass is 19.1. The van der Waals surface area contributed by atoms with Crippen molar-refractivity contribution in [3.8, 4) is 11.8 Å². The van der Waals surface area contributed by atoms with E-state index in [2.05, 4.69) is 4.98 Å². The predicted octanol–water partition coefficient (Wildman–Crippen LogP) is 2.37. The van der Waals surface area contributed by atoms with Gasteiger partial charge in [-0.1, -0.05) is 0 Å². The van der Waals surface area contributed by atoms with Crippen molar-refractivity contribution >= 4 is 5.97 Å². The van der Waals surface area contributed by atoms with Crippen LogP contribution < -0.4 is 4.74 Å². The number of ether oxygens (including phenoxy) is 1. The molecule has 100 valence electrons. The molecule has 2 rings (SSSR count). The number of carboxylic acid groups (broad SMARTS) is 1. The third-order valence-corrected chi connectivity index (χ3v) is 2.52. The van der Waals surface area contributed by atoms with Crippen LogP contribution in [0, 0.1) is 17.1 Å². The summed E-state index contributed by atoms with van der Waals surface area (Å²) < 4.78 is 18.8. The highest BCUT2D eigenvalue weighted by Crippen LogP contribution is 2.15. The number of hydrogen-bond acceptors (Lipinski definition) is 4. The number of halogens is 1. The Morgan fingerprint density at radius 2 is 2.20 bits per heavy atom. The molecule has 0 aliphatic heterocycles. The van der Waals surface area contributed by atoms with Crippen LogP contribution in [0.1, 0.15) is 21.6 Å². The summed E-state index contributed by atoms with van der Waals surface area (Å²) in [5.41, 5.74) is 0.478. The van der Waals surface area contributed by atoms with E-state index in [1.54, 1.807) is 0 Å². The minimum Gasteiger partial charge on any atom is -0.487 e. The molecule has 1 heterocycles. The summed E-state index contributed by atoms with van der Waals surface area (Å²) in [6.07, 6.45) is 1.25. The lowest BCUT2D eigenvalue weighted by atomic mass is 10.1. The smallest absolute Gasteiger partial charge is 0.354 e. The zero-order valence-corrected chi connectivity index (χ0v) is 10.2. The number of carboxylic acids is 1. The van der Waals surface area contributed by atoms with Crippen LogP contribution in [0.3, 0.4) is 0 Å². The van der Waals surface area contributed by atoms with Gasteiger partial charge < -0.3 is 9.84 Å². The molecule has 0 fully saturated rings. The summed E-state index contributed by atoms with van der Waals surface area (Å²) in [5, 5.41) is 17.4. The molecule has 0 aliphatic carbocycles. The molecule has 0 bridgehead atoms. The van der Waals surface area contributed by atoms with E-state index in [0.29, 0.717) is 11.3 Å². The standard InChI is InChI=1S/C14H9FN2O3/c15-12-3-1-9(6-16)5-10(12)8-20-11-2-4-13(14(18)19)17-7-11/h1-5,7H,8H2,(H,18,19). The third-order valence-electron chi connectivity index (χ3n) is 2.52. The molecule has 1 aromatic heterocycles. The van der Waals surface area contributed by atoms with Crippen molar-refractivity contribution < 1.29 is 19.0 Å². The molecule has 2 aromatic rings. The predicted molar refractivity (Wildman–Crippen MR) is 66.6 cm³/mol. The average molecular weight is 272 g/mol. The monoisotopic (exact) mass is 272 g/mol. The Balaban J connectivity index is 2.09. The van der Waals surface area contributed by atoms with E-state index in [1.165, 1.54) is 36.5 Å². The SMILES string of the molecule is N#Cc1ccc(F)c(COc2ccc(C(=O)O)nc2)c1. The fraction of sp³-hybridized carbons (Fsp3) is 0.0714. The van der Waals surface area contributed by atoms with Crippen molar-refractivity contribution in [3.05, 3.63) is 59.2 Å². The highest BCUT2D eigenvalue weighted by Gasteiger charge is 2.07. The molecule has 0 spiro atoms. The second-order valence-electron chi connectivity index (χ2n) is 3.89. The van der Waals surface area contributed by atoms with Gasteiger partial charge in [0.2, 0.25) is 0 Å². The van der Waals surface area contributed by atoms with Crippen molar-refractivity contribution in [2.24, 2.45) is 0 Å². The lowest BCUT2D eigenvalue weighted by Crippen LogP contribution is -2.02. The van der Waals surface area contributed by atoms with Crippen molar-refractivity contribution in [2.45, 2.75) is 6.61 Å². The minimum absolute atomic E-state index is 0.0740. The number of aromatic carboxylic acids is 1. The number of carbonyl (C=O) groups is 1. The lowest BCUT2D eigenvalue weighted by Gasteiger charge is -2.07. The van der Waals surface area contributed by atoms with Gasteiger partial charge in [-0.15, -0.1) is 0 Å². The largest absolute Gasteiger partial charge is 0.487 e. The quantitative estimate of drug-likeness (QED) is 0.923. The summed E-state index contributed by atoms with van der Waals surface area (Å²) in [7, 11) is 0. The second-order valence-corrected chi connectivity index (χ2v) is 3.89. The maximum absolute atomic E-state index is 13.5. The first kappa shape index (κ1) is 13.5. The Morgan fingerprint density at radius 3 is 2.80 bits per heavy atom. The van der Waals surface area contributed by atoms with Crippen LogP contribution in [0.25, 0.3) is 0 Å². The number of nitriles is 1. The van der Waals surface area contributed by atoms with Crippen molar-refractivity contribution in [2.75, 3.05) is 0 Å². The maximum Gasteiger partial charge on any atom is 0.354 e. The Morgan fingerprint density at radius 1 is 1.40 bits per heavy atom. The first-order chi connectivity index (χ1) is 9.60. The lowest BCUT2D eigenvalue weighted by molar-refractivity contribution is 0.0690. The van der Waals surface area contributed by atoms with Crippen LogP contribution in [0.2, 0.25) is 0 Å². The van der Waals surface area contributed by atoms with Gasteiger partial charge in [0.1, 0.15) is 23.9 Å². The van der Waals surface area contributed by atoms with E-state index in [0.717, 1.165) is 0 Å². The topological polar surface area (TPSA) is 83.2 Å². The van der Waals surface area contributed by atoms with Crippen molar-refractivity contribution in [3.63, 3.8) is 0 Å². The molecular formula is C14H9FN2O3. The van der Waals surface area contributed by atoms with E-state index >= 15 is 0 Å². The first-order valence-corrected chi connectivity index (χ1v) is 5.61. The van der Waals surface area contributed by atoms with Crippen LogP contribution in [0.15, 0.2) is 36.5 Å². The molecule has 5 nitrogen and oxygen atoms in total. The van der Waals surface area contributed by atoms with Crippen LogP contribution in [0.4, 0.5) is 4.39 Å². The summed E-state index contributed by atoms with van der Waals surface area (Å²) in [6.45, 7) is -0.0740. The molecule has 6 heteroatoms. The number of benzene rings is 1. The van der Waals surface area contributed by atoms with Crippen molar-refractivity contribution in [1.82, 2.24) is 4.98 Å². The van der Waals surface area contributed by atoms with Gasteiger partial charge in [-0.05, 0) is 30.3 Å². The molecule has 0 saturated carbocycles. The Labute approximate surface area is 113 Å². The summed E-state index contributed by atoms with van der Waals surface area (Å²) in [6, 6.07) is 8.61. The van der Waals surface area contributed by atoms with E-state index in [9.17, 15) is 9.18 Å². The van der Waals surface area contributed by atoms with E-state index in [4.69, 9.17) is 15.1 Å². The molecule has 0 aliphatic rings. The summed E-state index contributed by atoms with van der Waals surface area (Å²) in [5.74, 6) is -1.29. The molecule has 0 atom stereocenters. The number of rotatable bonds is 4. The summed E-state index contributed by atoms with van der Waals surface area (Å²) in [4.78, 5) is 14.3. The second kappa shape index (κ2) is 5.80. The minimum atomic E-state index is -1.13. The molecule has 1 N–H and O–H groups in total. The van der Waals surface area contributed by atoms with Crippen LogP contribution in [0.5, 0.6) is 5.75 Å². The van der Waals surface area contributed by atoms with Crippen LogP contribution in [-0.4, -0.2) is 16.1 Å².